The van der Waals surface area contributed by atoms with E-state index in [4.69, 9.17) is 4.42 Å². The predicted octanol–water partition coefficient (Wildman–Crippen LogP) is 3.79. The van der Waals surface area contributed by atoms with Crippen LogP contribution in [0.15, 0.2) is 33.5 Å². The van der Waals surface area contributed by atoms with E-state index in [-0.39, 0.29) is 11.7 Å². The van der Waals surface area contributed by atoms with Gasteiger partial charge in [-0.25, -0.2) is 17.9 Å². The van der Waals surface area contributed by atoms with E-state index in [9.17, 15) is 13.2 Å². The molecule has 1 heterocycles. The van der Waals surface area contributed by atoms with Crippen molar-refractivity contribution in [3.63, 3.8) is 0 Å². The van der Waals surface area contributed by atoms with Gasteiger partial charge in [0.25, 0.3) is 0 Å². The molecule has 0 amide bonds. The predicted molar refractivity (Wildman–Crippen MR) is 113 cm³/mol. The Hall–Kier alpha value is -1.86. The summed E-state index contributed by atoms with van der Waals surface area (Å²) < 4.78 is 32.0. The number of nitrogens with one attached hydrogen (secondary N) is 2. The number of fused-ring (bicyclic) bond motifs is 1. The summed E-state index contributed by atoms with van der Waals surface area (Å²) in [7, 11) is -3.30. The zero-order valence-electron chi connectivity index (χ0n) is 17.0. The molecule has 1 aromatic carbocycles. The number of sulfonamides is 1. The van der Waals surface area contributed by atoms with E-state index in [0.717, 1.165) is 48.9 Å². The van der Waals surface area contributed by atoms with Gasteiger partial charge in [-0.05, 0) is 77.0 Å². The topological polar surface area (TPSA) is 88.4 Å². The molecule has 2 aromatic rings. The Morgan fingerprint density at radius 3 is 2.43 bits per heavy atom. The van der Waals surface area contributed by atoms with Crippen molar-refractivity contribution >= 4 is 26.7 Å². The van der Waals surface area contributed by atoms with Crippen molar-refractivity contribution in [1.82, 2.24) is 4.72 Å². The maximum absolute atomic E-state index is 12.3. The Labute approximate surface area is 166 Å². The number of hydrogen-bond donors (Lipinski definition) is 2. The third kappa shape index (κ3) is 4.75. The summed E-state index contributed by atoms with van der Waals surface area (Å²) in [5, 5.41) is 4.37. The molecule has 1 fully saturated rings. The van der Waals surface area contributed by atoms with Gasteiger partial charge in [0.1, 0.15) is 5.58 Å². The van der Waals surface area contributed by atoms with Crippen LogP contribution in [0.1, 0.15) is 52.0 Å². The molecule has 1 aliphatic carbocycles. The van der Waals surface area contributed by atoms with Gasteiger partial charge in [-0.15, -0.1) is 0 Å². The van der Waals surface area contributed by atoms with Gasteiger partial charge in [0, 0.05) is 35.8 Å². The van der Waals surface area contributed by atoms with Crippen molar-refractivity contribution in [2.75, 3.05) is 11.9 Å². The summed E-state index contributed by atoms with van der Waals surface area (Å²) in [6.07, 6.45) is 3.67. The van der Waals surface area contributed by atoms with Gasteiger partial charge < -0.3 is 9.73 Å². The first-order chi connectivity index (χ1) is 13.0. The molecule has 0 atom stereocenters. The van der Waals surface area contributed by atoms with Gasteiger partial charge in [-0.1, -0.05) is 0 Å². The van der Waals surface area contributed by atoms with Crippen LogP contribution in [0, 0.1) is 12.8 Å². The largest absolute Gasteiger partial charge is 0.423 e. The fourth-order valence-corrected chi connectivity index (χ4v) is 4.61. The molecule has 28 heavy (non-hydrogen) atoms. The minimum atomic E-state index is -3.30. The van der Waals surface area contributed by atoms with Gasteiger partial charge in [-0.2, -0.15) is 0 Å². The van der Waals surface area contributed by atoms with Crippen molar-refractivity contribution in [2.45, 2.75) is 64.2 Å². The standard InChI is InChI=1S/C21H30N2O4S/c1-14-11-20(24)27-19-12-17(9-10-18(14)19)22-13-15-5-7-16(8-6-15)23-28(25,26)21(2,3)4/h9-12,15-16,22-23H,5-8,13H2,1-4H3/t15-,16-. The highest BCUT2D eigenvalue weighted by atomic mass is 32.2. The molecule has 0 aliphatic heterocycles. The zero-order valence-corrected chi connectivity index (χ0v) is 17.9. The number of rotatable bonds is 5. The van der Waals surface area contributed by atoms with Crippen molar-refractivity contribution in [2.24, 2.45) is 5.92 Å². The summed E-state index contributed by atoms with van der Waals surface area (Å²) in [5.74, 6) is 0.496. The van der Waals surface area contributed by atoms with E-state index in [1.54, 1.807) is 20.8 Å². The fraction of sp³-hybridized carbons (Fsp3) is 0.571. The average Bonchev–Trinajstić information content (AvgIpc) is 2.59. The van der Waals surface area contributed by atoms with Crippen LogP contribution in [0.2, 0.25) is 0 Å². The molecule has 1 aliphatic rings. The summed E-state index contributed by atoms with van der Waals surface area (Å²) >= 11 is 0. The molecule has 0 spiro atoms. The maximum Gasteiger partial charge on any atom is 0.336 e. The van der Waals surface area contributed by atoms with Gasteiger partial charge in [0.2, 0.25) is 10.0 Å². The van der Waals surface area contributed by atoms with E-state index in [1.807, 2.05) is 25.1 Å². The molecule has 0 radical (unpaired) electrons. The molecular weight excluding hydrogens is 376 g/mol. The molecule has 1 aromatic heterocycles. The molecule has 7 heteroatoms. The number of benzene rings is 1. The molecule has 0 saturated heterocycles. The van der Waals surface area contributed by atoms with Crippen molar-refractivity contribution in [3.05, 3.63) is 40.2 Å². The Balaban J connectivity index is 1.55. The Morgan fingerprint density at radius 1 is 1.11 bits per heavy atom. The van der Waals surface area contributed by atoms with Crippen LogP contribution in [0.5, 0.6) is 0 Å². The Bertz CT molecular complexity index is 997. The molecule has 6 nitrogen and oxygen atoms in total. The lowest BCUT2D eigenvalue weighted by Crippen LogP contribution is -2.46. The third-order valence-electron chi connectivity index (χ3n) is 5.52. The SMILES string of the molecule is Cc1cc(=O)oc2cc(NC[C@H]3CC[C@H](NS(=O)(=O)C(C)(C)C)CC3)ccc12. The van der Waals surface area contributed by atoms with Crippen molar-refractivity contribution in [1.29, 1.82) is 0 Å². The molecule has 2 N–H and O–H groups in total. The smallest absolute Gasteiger partial charge is 0.336 e. The highest BCUT2D eigenvalue weighted by Gasteiger charge is 2.32. The number of aryl methyl sites for hydroxylation is 1. The Morgan fingerprint density at radius 2 is 1.79 bits per heavy atom. The number of hydrogen-bond acceptors (Lipinski definition) is 5. The second-order valence-electron chi connectivity index (χ2n) is 8.79. The van der Waals surface area contributed by atoms with Gasteiger partial charge >= 0.3 is 5.63 Å². The normalized spacial score (nSPS) is 21.0. The highest BCUT2D eigenvalue weighted by molar-refractivity contribution is 7.90. The Kier molecular flexibility index (Phi) is 5.87. The van der Waals surface area contributed by atoms with Crippen LogP contribution < -0.4 is 15.7 Å². The van der Waals surface area contributed by atoms with Crippen LogP contribution in [0.3, 0.4) is 0 Å². The van der Waals surface area contributed by atoms with E-state index in [0.29, 0.717) is 11.5 Å². The summed E-state index contributed by atoms with van der Waals surface area (Å²) in [6.45, 7) is 7.88. The minimum Gasteiger partial charge on any atom is -0.423 e. The zero-order chi connectivity index (χ0) is 20.5. The van der Waals surface area contributed by atoms with Crippen molar-refractivity contribution < 1.29 is 12.8 Å². The van der Waals surface area contributed by atoms with Crippen LogP contribution >= 0.6 is 0 Å². The van der Waals surface area contributed by atoms with Gasteiger partial charge in [-0.3, -0.25) is 0 Å². The van der Waals surface area contributed by atoms with Gasteiger partial charge in [0.15, 0.2) is 0 Å². The molecular formula is C21H30N2O4S. The first kappa shape index (κ1) is 20.9. The number of anilines is 1. The maximum atomic E-state index is 12.3. The average molecular weight is 407 g/mol. The first-order valence-electron chi connectivity index (χ1n) is 9.85. The van der Waals surface area contributed by atoms with Crippen LogP contribution in [-0.2, 0) is 10.0 Å². The quantitative estimate of drug-likeness (QED) is 0.738. The lowest BCUT2D eigenvalue weighted by atomic mass is 9.86. The van der Waals surface area contributed by atoms with E-state index < -0.39 is 14.8 Å². The molecule has 0 bridgehead atoms. The fourth-order valence-electron chi connectivity index (χ4n) is 3.58. The molecule has 0 unspecified atom stereocenters. The summed E-state index contributed by atoms with van der Waals surface area (Å²) in [5.41, 5.74) is 2.10. The van der Waals surface area contributed by atoms with Crippen LogP contribution in [0.25, 0.3) is 11.0 Å². The lowest BCUT2D eigenvalue weighted by molar-refractivity contribution is 0.322. The monoisotopic (exact) mass is 406 g/mol. The van der Waals surface area contributed by atoms with E-state index in [2.05, 4.69) is 10.0 Å². The van der Waals surface area contributed by atoms with E-state index in [1.165, 1.54) is 6.07 Å². The second-order valence-corrected chi connectivity index (χ2v) is 11.3. The summed E-state index contributed by atoms with van der Waals surface area (Å²) in [6, 6.07) is 7.36. The molecule has 1 saturated carbocycles. The summed E-state index contributed by atoms with van der Waals surface area (Å²) in [4.78, 5) is 11.6. The third-order valence-corrected chi connectivity index (χ3v) is 7.78. The van der Waals surface area contributed by atoms with E-state index >= 15 is 0 Å². The van der Waals surface area contributed by atoms with Crippen molar-refractivity contribution in [3.8, 4) is 0 Å². The molecule has 154 valence electrons. The minimum absolute atomic E-state index is 0.0263. The first-order valence-corrected chi connectivity index (χ1v) is 11.3. The van der Waals surface area contributed by atoms with Gasteiger partial charge in [0.05, 0.1) is 4.75 Å². The second kappa shape index (κ2) is 7.87. The highest BCUT2D eigenvalue weighted by Crippen LogP contribution is 2.27. The molecule has 3 rings (SSSR count). The van der Waals surface area contributed by atoms with Crippen LogP contribution in [-0.4, -0.2) is 25.8 Å². The van der Waals surface area contributed by atoms with Crippen LogP contribution in [0.4, 0.5) is 5.69 Å². The lowest BCUT2D eigenvalue weighted by Gasteiger charge is -2.31.